The Balaban J connectivity index is 0.000000222. The molecule has 0 unspecified atom stereocenters. The molecule has 0 bridgehead atoms. The number of halogens is 1. The lowest BCUT2D eigenvalue weighted by Gasteiger charge is -2.20. The summed E-state index contributed by atoms with van der Waals surface area (Å²) in [5, 5.41) is 26.8. The fraction of sp³-hybridized carbons (Fsp3) is 0.280. The van der Waals surface area contributed by atoms with Crippen molar-refractivity contribution in [1.82, 2.24) is 0 Å². The van der Waals surface area contributed by atoms with Crippen molar-refractivity contribution in [3.05, 3.63) is 290 Å². The maximum atomic E-state index is 12.4. The zero-order chi connectivity index (χ0) is 94.2. The molecule has 688 valence electrons. The molecule has 0 spiro atoms. The van der Waals surface area contributed by atoms with E-state index < -0.39 is 17.7 Å². The van der Waals surface area contributed by atoms with E-state index in [0.717, 1.165) is 173 Å². The van der Waals surface area contributed by atoms with Crippen LogP contribution in [0.2, 0.25) is 0 Å². The van der Waals surface area contributed by atoms with Crippen molar-refractivity contribution in [3.8, 4) is 65.4 Å². The van der Waals surface area contributed by atoms with Crippen molar-refractivity contribution >= 4 is 133 Å². The second kappa shape index (κ2) is 59.6. The third-order valence-electron chi connectivity index (χ3n) is 20.0. The van der Waals surface area contributed by atoms with E-state index >= 15 is 0 Å². The Morgan fingerprint density at radius 2 is 0.618 bits per heavy atom. The fourth-order valence-corrected chi connectivity index (χ4v) is 14.8. The molecule has 12 N–H and O–H groups in total. The molecule has 0 aliphatic rings. The highest BCUT2D eigenvalue weighted by molar-refractivity contribution is 7.13. The number of carbonyl (C=O) groups is 9. The number of unbranched alkanes of at least 4 members (excludes halogenated alkanes) is 12. The SMILES string of the molecule is CC(C)(C)OC(=O)Nc1cc(-c2cccs2)ccc1N.COC(=O)CCCCCCC(=O)Cl.COC(=O)CCCCCCC(=O)Nc1cccc(-c2ccccc2)c1.Nc1ccc(-c2cccs2)cc1NC(=O)CCCCCCC(=O)Nc1cccc(-c2ccccc2)c1.Nc1cccc(-c2ccccc2)c1.O=C(O)CCCCCCC(=O)Nc1cccc(-c2ccccc2)c1. The van der Waals surface area contributed by atoms with Gasteiger partial charge in [-0.15, -0.1) is 22.7 Å². The Morgan fingerprint density at radius 3 is 0.931 bits per heavy atom. The van der Waals surface area contributed by atoms with Gasteiger partial charge in [0, 0.05) is 83.9 Å². The number of benzene rings is 10. The largest absolute Gasteiger partial charge is 0.481 e. The number of ether oxygens (including phenoxy) is 3. The third-order valence-corrected chi connectivity index (χ3v) is 22.0. The second-order valence-corrected chi connectivity index (χ2v) is 34.1. The van der Waals surface area contributed by atoms with Gasteiger partial charge in [-0.3, -0.25) is 43.7 Å². The maximum Gasteiger partial charge on any atom is 0.412 e. The molecule has 0 radical (unpaired) electrons. The van der Waals surface area contributed by atoms with E-state index in [4.69, 9.17) is 38.6 Å². The lowest BCUT2D eigenvalue weighted by molar-refractivity contribution is -0.141. The normalized spacial score (nSPS) is 10.4. The summed E-state index contributed by atoms with van der Waals surface area (Å²) in [5.74, 6) is -1.10. The van der Waals surface area contributed by atoms with Gasteiger partial charge in [-0.25, -0.2) is 4.79 Å². The average molecular weight is 1830 g/mol. The van der Waals surface area contributed by atoms with Crippen LogP contribution < -0.4 is 43.8 Å². The van der Waals surface area contributed by atoms with Crippen molar-refractivity contribution < 1.29 is 62.5 Å². The number of anilines is 8. The van der Waals surface area contributed by atoms with Crippen LogP contribution in [0.4, 0.5) is 50.3 Å². The number of methoxy groups -OCH3 is 2. The number of carbonyl (C=O) groups excluding carboxylic acids is 8. The van der Waals surface area contributed by atoms with E-state index in [9.17, 15) is 43.2 Å². The first kappa shape index (κ1) is 105. The van der Waals surface area contributed by atoms with Crippen LogP contribution >= 0.6 is 34.3 Å². The summed E-state index contributed by atoms with van der Waals surface area (Å²) >= 11 is 8.44. The van der Waals surface area contributed by atoms with Gasteiger partial charge in [0.2, 0.25) is 28.9 Å². The first-order valence-electron chi connectivity index (χ1n) is 44.3. The standard InChI is InChI=1S/C30H31N3O2S.C21H25NO3.C20H23NO3.C15H18N2O2S.C12H11N.C9H15ClO3/c31-26-18-17-24(28-14-9-19-36-28)21-27(26)33-30(35)16-7-2-1-6-15-29(34)32-25-13-8-12-23(20-25)22-10-4-3-5-11-22;1-25-21(24)15-8-3-2-7-14-20(23)22-19-13-9-12-18(16-19)17-10-5-4-6-11-17;22-19(13-6-1-2-7-14-20(23)24)21-18-12-8-11-17(15-18)16-9-4-3-5-10-16;1-15(2,3)19-14(18)17-12-9-10(6-7-11(12)16)13-5-4-8-20-13;13-12-8-4-7-11(9-12)10-5-2-1-3-6-10;1-13-9(12)7-5-3-2-4-6-8(10)11/h3-5,8-14,17-21H,1-2,6-7,15-16,31H2,(H,32,34)(H,33,35);4-6,9-13,16H,2-3,7-8,14-15H2,1H3,(H,22,23);3-5,8-12,15H,1-2,6-7,13-14H2,(H,21,22)(H,23,24);4-9H,16H2,1-3H3,(H,17,18);1-9H,13H2;2-7H2,1H3. The molecule has 12 aromatic rings. The van der Waals surface area contributed by atoms with Gasteiger partial charge >= 0.3 is 24.0 Å². The van der Waals surface area contributed by atoms with Crippen LogP contribution in [0.5, 0.6) is 0 Å². The maximum absolute atomic E-state index is 12.4. The first-order valence-corrected chi connectivity index (χ1v) is 46.4. The lowest BCUT2D eigenvalue weighted by Crippen LogP contribution is -2.27. The monoisotopic (exact) mass is 1830 g/mol. The molecule has 5 amide bonds. The molecule has 24 heteroatoms. The van der Waals surface area contributed by atoms with Gasteiger partial charge in [0.1, 0.15) is 5.60 Å². The summed E-state index contributed by atoms with van der Waals surface area (Å²) in [5.41, 5.74) is 33.6. The van der Waals surface area contributed by atoms with E-state index in [1.54, 1.807) is 28.7 Å². The Hall–Kier alpha value is -13.5. The van der Waals surface area contributed by atoms with Gasteiger partial charge in [0.25, 0.3) is 0 Å². The molecule has 2 aromatic heterocycles. The molecule has 0 aliphatic carbocycles. The van der Waals surface area contributed by atoms with Crippen LogP contribution in [-0.2, 0) is 52.6 Å². The molecule has 131 heavy (non-hydrogen) atoms. The highest BCUT2D eigenvalue weighted by Gasteiger charge is 2.19. The van der Waals surface area contributed by atoms with Crippen LogP contribution in [0.15, 0.2) is 290 Å². The molecule has 12 rings (SSSR count). The number of amides is 5. The first-order chi connectivity index (χ1) is 63.3. The van der Waals surface area contributed by atoms with Gasteiger partial charge in [0.15, 0.2) is 0 Å². The van der Waals surface area contributed by atoms with Gasteiger partial charge < -0.3 is 57.8 Å². The predicted octanol–water partition coefficient (Wildman–Crippen LogP) is 26.7. The van der Waals surface area contributed by atoms with Crippen molar-refractivity contribution in [2.75, 3.05) is 58.0 Å². The molecule has 0 aliphatic heterocycles. The third kappa shape index (κ3) is 43.5. The quantitative estimate of drug-likeness (QED) is 0.00568. The Kier molecular flexibility index (Phi) is 47.6. The zero-order valence-corrected chi connectivity index (χ0v) is 77.8. The summed E-state index contributed by atoms with van der Waals surface area (Å²) in [4.78, 5) is 105. The highest BCUT2D eigenvalue weighted by Crippen LogP contribution is 2.34. The van der Waals surface area contributed by atoms with Crippen LogP contribution in [0.3, 0.4) is 0 Å². The van der Waals surface area contributed by atoms with Crippen LogP contribution in [0.1, 0.15) is 175 Å². The number of carboxylic acid groups (broad SMARTS) is 1. The van der Waals surface area contributed by atoms with Crippen molar-refractivity contribution in [1.29, 1.82) is 0 Å². The fourth-order valence-electron chi connectivity index (χ4n) is 13.2. The zero-order valence-electron chi connectivity index (χ0n) is 75.5. The van der Waals surface area contributed by atoms with E-state index in [1.807, 2.05) is 262 Å². The number of nitrogens with one attached hydrogen (secondary N) is 5. The number of nitrogens with two attached hydrogens (primary N) is 3. The Bertz CT molecular complexity index is 5450. The Labute approximate surface area is 783 Å². The molecule has 2 heterocycles. The number of thiophene rings is 2. The number of esters is 2. The van der Waals surface area contributed by atoms with Gasteiger partial charge in [-0.1, -0.05) is 245 Å². The summed E-state index contributed by atoms with van der Waals surface area (Å²) in [6, 6.07) is 91.3. The van der Waals surface area contributed by atoms with Crippen LogP contribution in [0.25, 0.3) is 65.4 Å². The minimum Gasteiger partial charge on any atom is -0.481 e. The number of aliphatic carboxylic acids is 1. The minimum atomic E-state index is -0.758. The van der Waals surface area contributed by atoms with E-state index in [2.05, 4.69) is 78.5 Å². The summed E-state index contributed by atoms with van der Waals surface area (Å²) < 4.78 is 14.3. The number of hydrogen-bond donors (Lipinski definition) is 9. The van der Waals surface area contributed by atoms with Gasteiger partial charge in [0.05, 0.1) is 37.0 Å². The van der Waals surface area contributed by atoms with Crippen LogP contribution in [0, 0.1) is 0 Å². The van der Waals surface area contributed by atoms with E-state index in [0.29, 0.717) is 74.1 Å². The predicted molar refractivity (Wildman–Crippen MR) is 538 cm³/mol. The molecular formula is C107H123ClN8O13S2. The molecular weight excluding hydrogens is 1700 g/mol. The summed E-state index contributed by atoms with van der Waals surface area (Å²) in [7, 11) is 2.79. The molecule has 0 fully saturated rings. The summed E-state index contributed by atoms with van der Waals surface area (Å²) in [6.45, 7) is 5.45. The Morgan fingerprint density at radius 1 is 0.313 bits per heavy atom. The number of nitrogen functional groups attached to an aromatic ring is 3. The molecule has 10 aromatic carbocycles. The molecule has 0 atom stereocenters. The average Bonchev–Trinajstić information content (AvgIpc) is 1.56. The minimum absolute atomic E-state index is 0.00144. The molecule has 0 saturated carbocycles. The highest BCUT2D eigenvalue weighted by atomic mass is 35.5. The van der Waals surface area contributed by atoms with Crippen molar-refractivity contribution in [2.45, 2.75) is 180 Å². The van der Waals surface area contributed by atoms with Gasteiger partial charge in [-0.2, -0.15) is 0 Å². The van der Waals surface area contributed by atoms with Crippen molar-refractivity contribution in [3.63, 3.8) is 0 Å². The topological polar surface area (TPSA) is 340 Å². The smallest absolute Gasteiger partial charge is 0.412 e. The number of hydrogen-bond acceptors (Lipinski definition) is 17. The summed E-state index contributed by atoms with van der Waals surface area (Å²) in [6.07, 6.45) is 16.5. The van der Waals surface area contributed by atoms with Crippen LogP contribution in [-0.4, -0.2) is 77.8 Å². The lowest BCUT2D eigenvalue weighted by atomic mass is 10.1. The van der Waals surface area contributed by atoms with E-state index in [1.165, 1.54) is 25.3 Å². The van der Waals surface area contributed by atoms with E-state index in [-0.39, 0.29) is 47.2 Å². The number of carboxylic acids is 1. The number of rotatable bonds is 39. The molecule has 21 nitrogen and oxygen atoms in total. The van der Waals surface area contributed by atoms with Crippen molar-refractivity contribution in [2.24, 2.45) is 0 Å². The molecule has 0 saturated heterocycles. The second-order valence-electron chi connectivity index (χ2n) is 31.8. The van der Waals surface area contributed by atoms with Gasteiger partial charge in [-0.05, 0) is 235 Å².